The van der Waals surface area contributed by atoms with E-state index in [2.05, 4.69) is 21.3 Å². The predicted octanol–water partition coefficient (Wildman–Crippen LogP) is -0.110. The highest BCUT2D eigenvalue weighted by Crippen LogP contribution is 2.26. The van der Waals surface area contributed by atoms with Gasteiger partial charge in [-0.15, -0.1) is 0 Å². The van der Waals surface area contributed by atoms with Gasteiger partial charge in [-0.1, -0.05) is 109 Å². The number of carbonyl (C=O) groups excluding carboxylic acids is 12. The van der Waals surface area contributed by atoms with Crippen molar-refractivity contribution in [1.29, 1.82) is 0 Å². The van der Waals surface area contributed by atoms with E-state index in [1.165, 1.54) is 87.7 Å². The minimum Gasteiger partial charge on any atom is -0.394 e. The number of aldehydes is 1. The number of carbonyl (C=O) groups is 12. The lowest BCUT2D eigenvalue weighted by Gasteiger charge is -2.41. The molecule has 558 valence electrons. The fourth-order valence-electron chi connectivity index (χ4n) is 11.3. The molecule has 97 heavy (non-hydrogen) atoms. The van der Waals surface area contributed by atoms with Crippen LogP contribution in [0, 0.1) is 41.4 Å². The zero-order chi connectivity index (χ0) is 75.7. The first-order valence-corrected chi connectivity index (χ1v) is 33.9. The monoisotopic (exact) mass is 1380 g/mol. The molecular formula is C68H123N11O18. The fourth-order valence-corrected chi connectivity index (χ4v) is 11.3. The van der Waals surface area contributed by atoms with Crippen LogP contribution >= 0.6 is 0 Å². The average molecular weight is 1380 g/mol. The van der Waals surface area contributed by atoms with Crippen molar-refractivity contribution in [1.82, 2.24) is 55.6 Å². The molecule has 0 saturated carbocycles. The SMILES string of the molecule is C/C=C/C[C@@H](C)[C@@H](O)[C@H]1C(=O)N[C@@H](CC)C(=O)N(C)CC(=O)N(C)[C@@H](CC(C)C)C(=O)N[C@@H](C(C)C)C(=O)N(C)[C@@H](CC(C)C)C(=O)N[C@@H](C)C(=O)N[C@H](C)C(=O)N(C)[C@@H](CC(C)C)C(=O)N(C)[C@@H](CC(C)C)C(=O)N(C)[C@@H](C(C)C)C(=O)N1C.O=C[C@H](O)[C@@H](O)[C@H](O)[C@H](O)CO. The molecule has 0 aromatic rings. The van der Waals surface area contributed by atoms with E-state index in [4.69, 9.17) is 25.5 Å². The van der Waals surface area contributed by atoms with Crippen molar-refractivity contribution in [2.45, 2.75) is 247 Å². The zero-order valence-electron chi connectivity index (χ0n) is 62.3. The van der Waals surface area contributed by atoms with Crippen LogP contribution in [-0.2, 0) is 57.5 Å². The van der Waals surface area contributed by atoms with Gasteiger partial charge >= 0.3 is 0 Å². The Balaban J connectivity index is 0.00000692. The number of allylic oxidation sites excluding steroid dienone is 2. The largest absolute Gasteiger partial charge is 0.394 e. The molecule has 29 nitrogen and oxygen atoms in total. The molecule has 0 unspecified atom stereocenters. The minimum atomic E-state index is -1.79. The van der Waals surface area contributed by atoms with Crippen molar-refractivity contribution in [3.8, 4) is 0 Å². The first-order valence-electron chi connectivity index (χ1n) is 33.9. The highest BCUT2D eigenvalue weighted by molar-refractivity contribution is 5.99. The molecular weight excluding hydrogens is 1260 g/mol. The summed E-state index contributed by atoms with van der Waals surface area (Å²) in [6.45, 7) is 28.6. The molecule has 0 spiro atoms. The number of hydrogen-bond donors (Lipinski definition) is 10. The Morgan fingerprint density at radius 2 is 0.897 bits per heavy atom. The zero-order valence-corrected chi connectivity index (χ0v) is 62.3. The first kappa shape index (κ1) is 90.3. The standard InChI is InChI=1S/C62H111N11O12.C6H12O6/c1-25-27-28-40(15)52(75)51-56(79)65-43(26-2)58(81)67(18)33-48(74)68(19)44(29-34(3)4)55(78)66-49(38(11)12)61(84)69(20)45(30-35(5)6)54(77)63-41(16)53(76)64-42(17)57(80)70(21)46(31-36(7)8)59(82)71(22)47(32-37(9)10)60(83)72(23)50(39(13)14)62(85)73(51)24;7-1-3(9)5(11)6(12)4(10)2-8/h25,27,34-47,49-52,75H,26,28-33H2,1-24H3,(H,63,77)(H,64,76)(H,65,79)(H,66,78);1,3-6,8-12H,2H2/b27-25+;/t40-,41+,42-,43+,44+,45+,46+,47+,49+,50+,51+,52-;3-,4+,5+,6+/m10/s1. The molecule has 16 atom stereocenters. The maximum absolute atomic E-state index is 15.1. The molecule has 0 aromatic carbocycles. The Kier molecular flexibility index (Phi) is 39.4. The van der Waals surface area contributed by atoms with E-state index in [0.717, 1.165) is 9.80 Å². The van der Waals surface area contributed by atoms with Gasteiger partial charge in [-0.2, -0.15) is 0 Å². The third-order valence-electron chi connectivity index (χ3n) is 17.5. The van der Waals surface area contributed by atoms with Gasteiger partial charge in [-0.3, -0.25) is 52.7 Å². The lowest BCUT2D eigenvalue weighted by molar-refractivity contribution is -0.157. The van der Waals surface area contributed by atoms with Gasteiger partial charge < -0.3 is 91.0 Å². The minimum absolute atomic E-state index is 0.0229. The first-order chi connectivity index (χ1) is 44.7. The summed E-state index contributed by atoms with van der Waals surface area (Å²) >= 11 is 0. The highest BCUT2D eigenvalue weighted by atomic mass is 16.4. The van der Waals surface area contributed by atoms with Gasteiger partial charge in [0.15, 0.2) is 6.29 Å². The van der Waals surface area contributed by atoms with Crippen molar-refractivity contribution >= 4 is 71.3 Å². The number of aliphatic hydroxyl groups excluding tert-OH is 6. The molecule has 1 fully saturated rings. The Morgan fingerprint density at radius 3 is 1.33 bits per heavy atom. The van der Waals surface area contributed by atoms with Crippen LogP contribution in [0.3, 0.4) is 0 Å². The molecule has 1 aliphatic heterocycles. The van der Waals surface area contributed by atoms with Gasteiger partial charge in [0, 0.05) is 49.3 Å². The normalized spacial score (nSPS) is 26.2. The van der Waals surface area contributed by atoms with Crippen LogP contribution in [0.15, 0.2) is 12.2 Å². The van der Waals surface area contributed by atoms with E-state index >= 15 is 9.59 Å². The van der Waals surface area contributed by atoms with E-state index in [1.807, 2.05) is 61.5 Å². The second-order valence-corrected chi connectivity index (χ2v) is 28.5. The van der Waals surface area contributed by atoms with Crippen LogP contribution in [0.1, 0.15) is 156 Å². The molecule has 11 amide bonds. The maximum Gasteiger partial charge on any atom is 0.246 e. The second-order valence-electron chi connectivity index (χ2n) is 28.5. The van der Waals surface area contributed by atoms with Crippen molar-refractivity contribution < 1.29 is 88.2 Å². The van der Waals surface area contributed by atoms with Gasteiger partial charge in [0.25, 0.3) is 0 Å². The van der Waals surface area contributed by atoms with Gasteiger partial charge in [0.05, 0.1) is 19.3 Å². The van der Waals surface area contributed by atoms with Gasteiger partial charge in [0.1, 0.15) is 84.8 Å². The summed E-state index contributed by atoms with van der Waals surface area (Å²) in [5, 5.41) is 66.6. The van der Waals surface area contributed by atoms with Crippen molar-refractivity contribution in [2.24, 2.45) is 41.4 Å². The molecule has 29 heteroatoms. The molecule has 10 N–H and O–H groups in total. The van der Waals surface area contributed by atoms with E-state index in [-0.39, 0.29) is 62.1 Å². The van der Waals surface area contributed by atoms with Crippen LogP contribution in [0.25, 0.3) is 0 Å². The molecule has 0 aromatic heterocycles. The van der Waals surface area contributed by atoms with Gasteiger partial charge in [-0.25, -0.2) is 0 Å². The summed E-state index contributed by atoms with van der Waals surface area (Å²) in [4.78, 5) is 178. The highest BCUT2D eigenvalue weighted by Gasteiger charge is 2.46. The van der Waals surface area contributed by atoms with Gasteiger partial charge in [0.2, 0.25) is 65.0 Å². The predicted molar refractivity (Wildman–Crippen MR) is 366 cm³/mol. The molecule has 0 radical (unpaired) electrons. The summed E-state index contributed by atoms with van der Waals surface area (Å²) in [7, 11) is 9.92. The quantitative estimate of drug-likeness (QED) is 0.0561. The van der Waals surface area contributed by atoms with Crippen LogP contribution in [0.5, 0.6) is 0 Å². The summed E-state index contributed by atoms with van der Waals surface area (Å²) in [5.74, 6) is -9.71. The van der Waals surface area contributed by atoms with Crippen molar-refractivity contribution in [3.63, 3.8) is 0 Å². The second kappa shape index (κ2) is 42.3. The maximum atomic E-state index is 15.1. The lowest BCUT2D eigenvalue weighted by atomic mass is 9.91. The molecule has 0 bridgehead atoms. The third kappa shape index (κ3) is 26.8. The summed E-state index contributed by atoms with van der Waals surface area (Å²) in [5.41, 5.74) is 0. The number of aliphatic hydroxyl groups is 6. The Morgan fingerprint density at radius 1 is 0.474 bits per heavy atom. The molecule has 1 saturated heterocycles. The van der Waals surface area contributed by atoms with E-state index in [0.29, 0.717) is 6.42 Å². The van der Waals surface area contributed by atoms with E-state index in [9.17, 15) is 53.1 Å². The van der Waals surface area contributed by atoms with Crippen LogP contribution in [0.4, 0.5) is 0 Å². The summed E-state index contributed by atoms with van der Waals surface area (Å²) in [6.07, 6.45) is -3.80. The number of amides is 11. The van der Waals surface area contributed by atoms with Gasteiger partial charge in [-0.05, 0) is 101 Å². The summed E-state index contributed by atoms with van der Waals surface area (Å²) in [6, 6.07) is -12.3. The Hall–Kier alpha value is -6.66. The summed E-state index contributed by atoms with van der Waals surface area (Å²) < 4.78 is 0. The molecule has 0 aliphatic carbocycles. The number of nitrogens with one attached hydrogen (secondary N) is 4. The number of likely N-dealkylation sites (N-methyl/N-ethyl adjacent to an activating group) is 7. The number of hydrogen-bond acceptors (Lipinski definition) is 18. The molecule has 1 rings (SSSR count). The van der Waals surface area contributed by atoms with Crippen molar-refractivity contribution in [3.05, 3.63) is 12.2 Å². The van der Waals surface area contributed by atoms with Crippen LogP contribution < -0.4 is 21.3 Å². The topological polar surface area (TPSA) is 397 Å². The molecule has 1 aliphatic rings. The van der Waals surface area contributed by atoms with E-state index < -0.39 is 187 Å². The Bertz CT molecular complexity index is 2620. The Labute approximate surface area is 576 Å². The van der Waals surface area contributed by atoms with Crippen LogP contribution in [0.2, 0.25) is 0 Å². The smallest absolute Gasteiger partial charge is 0.246 e. The number of nitrogens with zero attached hydrogens (tertiary/aromatic N) is 7. The lowest BCUT2D eigenvalue weighted by Crippen LogP contribution is -2.63. The third-order valence-corrected chi connectivity index (χ3v) is 17.5. The number of rotatable bonds is 20. The van der Waals surface area contributed by atoms with Crippen LogP contribution in [-0.4, -0.2) is 290 Å². The molecule has 1 heterocycles. The average Bonchev–Trinajstić information content (AvgIpc) is 0.806. The van der Waals surface area contributed by atoms with E-state index in [1.54, 1.807) is 54.5 Å². The fraction of sp³-hybridized carbons (Fsp3) is 0.794. The van der Waals surface area contributed by atoms with Crippen molar-refractivity contribution in [2.75, 3.05) is 62.5 Å².